The first-order valence-electron chi connectivity index (χ1n) is 10.2. The Labute approximate surface area is 175 Å². The number of carbonyl (C=O) groups excluding carboxylic acids is 2. The van der Waals surface area contributed by atoms with Crippen LogP contribution in [-0.4, -0.2) is 43.1 Å². The second-order valence-electron chi connectivity index (χ2n) is 7.89. The largest absolute Gasteiger partial charge is 0.466 e. The molecule has 0 saturated carbocycles. The Morgan fingerprint density at radius 2 is 1.83 bits per heavy atom. The summed E-state index contributed by atoms with van der Waals surface area (Å²) < 4.78 is 16.1. The van der Waals surface area contributed by atoms with Crippen LogP contribution in [0.5, 0.6) is 11.5 Å². The van der Waals surface area contributed by atoms with Gasteiger partial charge in [-0.1, -0.05) is 0 Å². The second-order valence-corrected chi connectivity index (χ2v) is 7.89. The quantitative estimate of drug-likeness (QED) is 0.732. The summed E-state index contributed by atoms with van der Waals surface area (Å²) in [6.07, 6.45) is 1.97. The topological polar surface area (TPSA) is 93.0 Å². The van der Waals surface area contributed by atoms with Gasteiger partial charge >= 0.3 is 11.8 Å². The minimum Gasteiger partial charge on any atom is -0.466 e. The molecule has 8 nitrogen and oxygen atoms in total. The molecule has 160 valence electrons. The van der Waals surface area contributed by atoms with E-state index in [1.807, 2.05) is 13.8 Å². The van der Waals surface area contributed by atoms with E-state index in [0.29, 0.717) is 29.6 Å². The Kier molecular flexibility index (Phi) is 5.94. The van der Waals surface area contributed by atoms with Crippen LogP contribution in [0.2, 0.25) is 0 Å². The van der Waals surface area contributed by atoms with E-state index in [1.54, 1.807) is 18.2 Å². The molecule has 4 rings (SSSR count). The van der Waals surface area contributed by atoms with Crippen molar-refractivity contribution in [1.82, 2.24) is 10.2 Å². The lowest BCUT2D eigenvalue weighted by molar-refractivity contribution is -0.136. The van der Waals surface area contributed by atoms with Gasteiger partial charge in [0, 0.05) is 30.4 Å². The van der Waals surface area contributed by atoms with Crippen LogP contribution >= 0.6 is 0 Å². The predicted molar refractivity (Wildman–Crippen MR) is 110 cm³/mol. The lowest BCUT2D eigenvalue weighted by Gasteiger charge is -2.31. The molecule has 3 heterocycles. The summed E-state index contributed by atoms with van der Waals surface area (Å²) in [6.45, 7) is 7.45. The van der Waals surface area contributed by atoms with Gasteiger partial charge < -0.3 is 24.5 Å². The fraction of sp³-hybridized carbons (Fsp3) is 0.455. The van der Waals surface area contributed by atoms with E-state index in [4.69, 9.17) is 13.9 Å². The number of piperidine rings is 1. The molecule has 30 heavy (non-hydrogen) atoms. The van der Waals surface area contributed by atoms with Crippen LogP contribution in [0.4, 0.5) is 5.69 Å². The number of fused-ring (bicyclic) bond motifs is 1. The van der Waals surface area contributed by atoms with Crippen LogP contribution in [0.1, 0.15) is 29.9 Å². The van der Waals surface area contributed by atoms with E-state index in [9.17, 15) is 9.59 Å². The third-order valence-electron chi connectivity index (χ3n) is 5.63. The number of likely N-dealkylation sites (tertiary alicyclic amines) is 1. The van der Waals surface area contributed by atoms with Crippen molar-refractivity contribution >= 4 is 17.5 Å². The molecule has 8 heteroatoms. The number of nitrogens with one attached hydrogen (secondary N) is 2. The molecule has 2 N–H and O–H groups in total. The molecule has 2 aromatic rings. The summed E-state index contributed by atoms with van der Waals surface area (Å²) in [7, 11) is 0. The molecule has 0 radical (unpaired) electrons. The van der Waals surface area contributed by atoms with E-state index in [-0.39, 0.29) is 6.79 Å². The molecule has 0 spiro atoms. The van der Waals surface area contributed by atoms with E-state index >= 15 is 0 Å². The molecule has 1 saturated heterocycles. The molecule has 0 unspecified atom stereocenters. The minimum absolute atomic E-state index is 0.160. The number of ether oxygens (including phenoxy) is 2. The van der Waals surface area contributed by atoms with Crippen LogP contribution in [0, 0.1) is 19.8 Å². The Morgan fingerprint density at radius 3 is 2.57 bits per heavy atom. The first-order chi connectivity index (χ1) is 14.5. The van der Waals surface area contributed by atoms with Gasteiger partial charge in [-0.25, -0.2) is 0 Å². The number of rotatable bonds is 5. The summed E-state index contributed by atoms with van der Waals surface area (Å²) in [4.78, 5) is 26.7. The van der Waals surface area contributed by atoms with Crippen molar-refractivity contribution in [3.05, 3.63) is 41.3 Å². The van der Waals surface area contributed by atoms with Gasteiger partial charge in [-0.15, -0.1) is 0 Å². The Balaban J connectivity index is 1.19. The fourth-order valence-corrected chi connectivity index (χ4v) is 3.91. The van der Waals surface area contributed by atoms with E-state index in [2.05, 4.69) is 21.6 Å². The van der Waals surface area contributed by atoms with Crippen LogP contribution < -0.4 is 20.1 Å². The number of amides is 2. The molecular weight excluding hydrogens is 386 g/mol. The van der Waals surface area contributed by atoms with Crippen LogP contribution in [0.25, 0.3) is 0 Å². The standard InChI is InChI=1S/C22H27N3O5/c1-14-9-17(15(2)30-14)12-25-7-5-16(6-8-25)11-23-21(26)22(27)24-18-3-4-19-20(10-18)29-13-28-19/h3-4,9-10,16H,5-8,11-13H2,1-2H3,(H,23,26)(H,24,27). The number of hydrogen-bond donors (Lipinski definition) is 2. The van der Waals surface area contributed by atoms with Gasteiger partial charge in [0.2, 0.25) is 6.79 Å². The highest BCUT2D eigenvalue weighted by molar-refractivity contribution is 6.39. The maximum Gasteiger partial charge on any atom is 0.313 e. The third kappa shape index (κ3) is 4.76. The normalized spacial score (nSPS) is 16.5. The zero-order chi connectivity index (χ0) is 21.1. The van der Waals surface area contributed by atoms with Crippen LogP contribution in [0.15, 0.2) is 28.7 Å². The Morgan fingerprint density at radius 1 is 1.07 bits per heavy atom. The monoisotopic (exact) mass is 413 g/mol. The van der Waals surface area contributed by atoms with Gasteiger partial charge in [0.25, 0.3) is 0 Å². The minimum atomic E-state index is -0.683. The number of anilines is 1. The summed E-state index contributed by atoms with van der Waals surface area (Å²) >= 11 is 0. The number of furan rings is 1. The van der Waals surface area contributed by atoms with Crippen molar-refractivity contribution in [1.29, 1.82) is 0 Å². The fourth-order valence-electron chi connectivity index (χ4n) is 3.91. The van der Waals surface area contributed by atoms with Crippen molar-refractivity contribution in [3.8, 4) is 11.5 Å². The molecule has 0 atom stereocenters. The summed E-state index contributed by atoms with van der Waals surface area (Å²) in [6, 6.07) is 7.13. The summed E-state index contributed by atoms with van der Waals surface area (Å²) in [5.74, 6) is 2.17. The molecule has 0 aliphatic carbocycles. The van der Waals surface area contributed by atoms with Crippen molar-refractivity contribution in [3.63, 3.8) is 0 Å². The van der Waals surface area contributed by atoms with Crippen molar-refractivity contribution in [2.75, 3.05) is 31.7 Å². The molecule has 1 fully saturated rings. The second kappa shape index (κ2) is 8.79. The Hall–Kier alpha value is -3.00. The van der Waals surface area contributed by atoms with E-state index < -0.39 is 11.8 Å². The van der Waals surface area contributed by atoms with Gasteiger partial charge in [-0.3, -0.25) is 14.5 Å². The molecule has 2 aliphatic heterocycles. The van der Waals surface area contributed by atoms with Crippen molar-refractivity contribution in [2.45, 2.75) is 33.2 Å². The molecule has 1 aromatic carbocycles. The van der Waals surface area contributed by atoms with Gasteiger partial charge in [-0.2, -0.15) is 0 Å². The highest BCUT2D eigenvalue weighted by Gasteiger charge is 2.23. The zero-order valence-corrected chi connectivity index (χ0v) is 17.3. The lowest BCUT2D eigenvalue weighted by Crippen LogP contribution is -2.41. The number of benzene rings is 1. The average Bonchev–Trinajstić information content (AvgIpc) is 3.32. The summed E-state index contributed by atoms with van der Waals surface area (Å²) in [5, 5.41) is 5.36. The molecule has 2 aliphatic rings. The van der Waals surface area contributed by atoms with Crippen molar-refractivity contribution in [2.24, 2.45) is 5.92 Å². The SMILES string of the molecule is Cc1cc(CN2CCC(CNC(=O)C(=O)Nc3ccc4c(c3)OCO4)CC2)c(C)o1. The van der Waals surface area contributed by atoms with Crippen molar-refractivity contribution < 1.29 is 23.5 Å². The number of nitrogens with zero attached hydrogens (tertiary/aromatic N) is 1. The summed E-state index contributed by atoms with van der Waals surface area (Å²) in [5.41, 5.74) is 1.73. The molecular formula is C22H27N3O5. The number of hydrogen-bond acceptors (Lipinski definition) is 6. The predicted octanol–water partition coefficient (Wildman–Crippen LogP) is 2.59. The first-order valence-corrected chi connectivity index (χ1v) is 10.2. The number of aryl methyl sites for hydroxylation is 2. The number of carbonyl (C=O) groups is 2. The maximum absolute atomic E-state index is 12.2. The van der Waals surface area contributed by atoms with Gasteiger partial charge in [-0.05, 0) is 63.9 Å². The smallest absolute Gasteiger partial charge is 0.313 e. The third-order valence-corrected chi connectivity index (χ3v) is 5.63. The average molecular weight is 413 g/mol. The van der Waals surface area contributed by atoms with Gasteiger partial charge in [0.05, 0.1) is 0 Å². The first kappa shape index (κ1) is 20.3. The maximum atomic E-state index is 12.2. The highest BCUT2D eigenvalue weighted by Crippen LogP contribution is 2.34. The molecule has 1 aromatic heterocycles. The van der Waals surface area contributed by atoms with Gasteiger partial charge in [0.1, 0.15) is 11.5 Å². The van der Waals surface area contributed by atoms with Crippen LogP contribution in [-0.2, 0) is 16.1 Å². The van der Waals surface area contributed by atoms with E-state index in [1.165, 1.54) is 5.56 Å². The molecule has 0 bridgehead atoms. The zero-order valence-electron chi connectivity index (χ0n) is 17.3. The lowest BCUT2D eigenvalue weighted by atomic mass is 9.96. The Bertz CT molecular complexity index is 931. The van der Waals surface area contributed by atoms with Gasteiger partial charge in [0.15, 0.2) is 11.5 Å². The highest BCUT2D eigenvalue weighted by atomic mass is 16.7. The van der Waals surface area contributed by atoms with E-state index in [0.717, 1.165) is 44.0 Å². The molecule has 2 amide bonds. The van der Waals surface area contributed by atoms with Crippen LogP contribution in [0.3, 0.4) is 0 Å².